The molecule has 2 bridgehead atoms. The molecule has 0 unspecified atom stereocenters. The number of hydrogen-bond acceptors (Lipinski definition) is 8. The van der Waals surface area contributed by atoms with Crippen molar-refractivity contribution in [2.24, 2.45) is 0 Å². The first-order valence-electron chi connectivity index (χ1n) is 7.69. The van der Waals surface area contributed by atoms with Gasteiger partial charge in [0, 0.05) is 19.3 Å². The summed E-state index contributed by atoms with van der Waals surface area (Å²) >= 11 is 1.20. The molecule has 8 heteroatoms. The molecular weight excluding hydrogens is 310 g/mol. The van der Waals surface area contributed by atoms with Crippen LogP contribution in [0.5, 0.6) is 0 Å². The Morgan fingerprint density at radius 3 is 2.70 bits per heavy atom. The van der Waals surface area contributed by atoms with Gasteiger partial charge in [-0.2, -0.15) is 8.75 Å². The van der Waals surface area contributed by atoms with E-state index in [-0.39, 0.29) is 0 Å². The number of aromatic nitrogens is 5. The van der Waals surface area contributed by atoms with Crippen molar-refractivity contribution >= 4 is 34.5 Å². The number of rotatable bonds is 2. The third-order valence-corrected chi connectivity index (χ3v) is 5.26. The summed E-state index contributed by atoms with van der Waals surface area (Å²) in [5.74, 6) is 2.00. The van der Waals surface area contributed by atoms with Gasteiger partial charge in [-0.1, -0.05) is 6.07 Å². The van der Waals surface area contributed by atoms with Gasteiger partial charge in [0.05, 0.1) is 23.8 Å². The van der Waals surface area contributed by atoms with Gasteiger partial charge in [0.25, 0.3) is 0 Å². The van der Waals surface area contributed by atoms with Gasteiger partial charge >= 0.3 is 0 Å². The Hall–Kier alpha value is -2.35. The van der Waals surface area contributed by atoms with Crippen LogP contribution in [-0.4, -0.2) is 48.9 Å². The van der Waals surface area contributed by atoms with Crippen molar-refractivity contribution in [2.75, 3.05) is 22.9 Å². The Labute approximate surface area is 137 Å². The lowest BCUT2D eigenvalue weighted by Crippen LogP contribution is -2.47. The van der Waals surface area contributed by atoms with Gasteiger partial charge in [-0.25, -0.2) is 15.0 Å². The van der Waals surface area contributed by atoms with Crippen LogP contribution in [0.1, 0.15) is 12.0 Å². The summed E-state index contributed by atoms with van der Waals surface area (Å²) in [7, 11) is 0. The maximum Gasteiger partial charge on any atom is 0.198 e. The average molecular weight is 325 g/mol. The lowest BCUT2D eigenvalue weighted by atomic mass is 10.2. The summed E-state index contributed by atoms with van der Waals surface area (Å²) < 4.78 is 8.59. The summed E-state index contributed by atoms with van der Waals surface area (Å²) in [6.07, 6.45) is 4.66. The van der Waals surface area contributed by atoms with Gasteiger partial charge in [0.2, 0.25) is 0 Å². The smallest absolute Gasteiger partial charge is 0.198 e. The van der Waals surface area contributed by atoms with E-state index in [2.05, 4.69) is 52.6 Å². The highest BCUT2D eigenvalue weighted by molar-refractivity contribution is 7.00. The first kappa shape index (κ1) is 13.1. The molecule has 116 valence electrons. The van der Waals surface area contributed by atoms with Crippen LogP contribution in [0.25, 0.3) is 11.2 Å². The number of nitrogens with zero attached hydrogens (tertiary/aromatic N) is 7. The number of pyridine rings is 1. The van der Waals surface area contributed by atoms with Crippen molar-refractivity contribution in [3.63, 3.8) is 0 Å². The third kappa shape index (κ3) is 1.98. The van der Waals surface area contributed by atoms with Crippen molar-refractivity contribution in [1.82, 2.24) is 23.7 Å². The number of aryl methyl sites for hydroxylation is 1. The van der Waals surface area contributed by atoms with Crippen LogP contribution in [0.4, 0.5) is 11.6 Å². The van der Waals surface area contributed by atoms with Crippen molar-refractivity contribution in [3.8, 4) is 0 Å². The van der Waals surface area contributed by atoms with E-state index in [0.717, 1.165) is 36.7 Å². The molecular formula is C15H15N7S. The maximum absolute atomic E-state index is 4.58. The van der Waals surface area contributed by atoms with Gasteiger partial charge < -0.3 is 9.80 Å². The van der Waals surface area contributed by atoms with E-state index in [0.29, 0.717) is 17.7 Å². The number of piperazine rings is 1. The summed E-state index contributed by atoms with van der Waals surface area (Å²) in [5, 5.41) is 0. The van der Waals surface area contributed by atoms with Crippen LogP contribution in [0, 0.1) is 6.92 Å². The fraction of sp³-hybridized carbons (Fsp3) is 0.400. The standard InChI is InChI=1S/C15H15N7S/c1-9-2-3-12(16-5-9)21-6-11-4-10(21)7-22(11)15-13-14(17-8-18-15)20-23-19-13/h2-3,5,8,10-11H,4,6-7H2,1H3/t10-,11+/m0/s1. The molecule has 2 aliphatic rings. The molecule has 23 heavy (non-hydrogen) atoms. The molecule has 2 saturated heterocycles. The van der Waals surface area contributed by atoms with E-state index < -0.39 is 0 Å². The number of fused-ring (bicyclic) bond motifs is 3. The predicted octanol–water partition coefficient (Wildman–Crippen LogP) is 1.65. The second-order valence-corrected chi connectivity index (χ2v) is 6.70. The minimum atomic E-state index is 0.447. The molecule has 0 saturated carbocycles. The molecule has 3 aromatic heterocycles. The topological polar surface area (TPSA) is 70.9 Å². The first-order valence-corrected chi connectivity index (χ1v) is 8.42. The van der Waals surface area contributed by atoms with Crippen molar-refractivity contribution in [2.45, 2.75) is 25.4 Å². The SMILES string of the molecule is Cc1ccc(N2C[C@H]3C[C@H]2CN3c2ncnc3nsnc23)nc1. The zero-order chi connectivity index (χ0) is 15.4. The number of hydrogen-bond donors (Lipinski definition) is 0. The van der Waals surface area contributed by atoms with Crippen LogP contribution in [-0.2, 0) is 0 Å². The molecule has 0 aromatic carbocycles. The minimum absolute atomic E-state index is 0.447. The molecule has 0 N–H and O–H groups in total. The Bertz CT molecular complexity index is 862. The lowest BCUT2D eigenvalue weighted by molar-refractivity contribution is 0.636. The highest BCUT2D eigenvalue weighted by Crippen LogP contribution is 2.37. The summed E-state index contributed by atoms with van der Waals surface area (Å²) in [6.45, 7) is 3.99. The number of anilines is 2. The van der Waals surface area contributed by atoms with Crippen LogP contribution in [0.15, 0.2) is 24.7 Å². The normalized spacial score (nSPS) is 23.2. The van der Waals surface area contributed by atoms with E-state index in [9.17, 15) is 0 Å². The van der Waals surface area contributed by atoms with Gasteiger partial charge in [0.15, 0.2) is 17.0 Å². The van der Waals surface area contributed by atoms with Gasteiger partial charge in [0.1, 0.15) is 12.1 Å². The van der Waals surface area contributed by atoms with Crippen LogP contribution >= 0.6 is 11.7 Å². The molecule has 0 spiro atoms. The minimum Gasteiger partial charge on any atom is -0.350 e. The quantitative estimate of drug-likeness (QED) is 0.709. The van der Waals surface area contributed by atoms with E-state index in [1.807, 2.05) is 6.20 Å². The van der Waals surface area contributed by atoms with E-state index in [1.54, 1.807) is 6.33 Å². The molecule has 0 radical (unpaired) electrons. The Balaban J connectivity index is 1.44. The van der Waals surface area contributed by atoms with Crippen LogP contribution in [0.2, 0.25) is 0 Å². The van der Waals surface area contributed by atoms with E-state index in [4.69, 9.17) is 0 Å². The highest BCUT2D eigenvalue weighted by Gasteiger charge is 2.45. The van der Waals surface area contributed by atoms with Crippen LogP contribution < -0.4 is 9.80 Å². The highest BCUT2D eigenvalue weighted by atomic mass is 32.1. The molecule has 0 aliphatic carbocycles. The molecule has 2 atom stereocenters. The second kappa shape index (κ2) is 4.82. The summed E-state index contributed by atoms with van der Waals surface area (Å²) in [6, 6.07) is 5.17. The molecule has 5 rings (SSSR count). The fourth-order valence-corrected chi connectivity index (χ4v) is 4.15. The Kier molecular flexibility index (Phi) is 2.75. The van der Waals surface area contributed by atoms with Gasteiger partial charge in [-0.3, -0.25) is 0 Å². The molecule has 2 fully saturated rings. The van der Waals surface area contributed by atoms with E-state index >= 15 is 0 Å². The van der Waals surface area contributed by atoms with Crippen molar-refractivity contribution < 1.29 is 0 Å². The van der Waals surface area contributed by atoms with Crippen molar-refractivity contribution in [3.05, 3.63) is 30.2 Å². The van der Waals surface area contributed by atoms with Gasteiger partial charge in [-0.05, 0) is 25.0 Å². The van der Waals surface area contributed by atoms with E-state index in [1.165, 1.54) is 17.3 Å². The maximum atomic E-state index is 4.58. The average Bonchev–Trinajstić information content (AvgIpc) is 3.29. The van der Waals surface area contributed by atoms with Crippen LogP contribution in [0.3, 0.4) is 0 Å². The molecule has 3 aromatic rings. The fourth-order valence-electron chi connectivity index (χ4n) is 3.66. The molecule has 2 aliphatic heterocycles. The second-order valence-electron chi connectivity index (χ2n) is 6.18. The molecule has 0 amide bonds. The lowest BCUT2D eigenvalue weighted by Gasteiger charge is -2.35. The zero-order valence-corrected chi connectivity index (χ0v) is 13.4. The zero-order valence-electron chi connectivity index (χ0n) is 12.6. The van der Waals surface area contributed by atoms with Crippen molar-refractivity contribution in [1.29, 1.82) is 0 Å². The summed E-state index contributed by atoms with van der Waals surface area (Å²) in [5.41, 5.74) is 2.71. The first-order chi connectivity index (χ1) is 11.3. The third-order valence-electron chi connectivity index (χ3n) is 4.75. The Morgan fingerprint density at radius 2 is 1.91 bits per heavy atom. The molecule has 7 nitrogen and oxygen atoms in total. The predicted molar refractivity (Wildman–Crippen MR) is 88.9 cm³/mol. The summed E-state index contributed by atoms with van der Waals surface area (Å²) in [4.78, 5) is 18.0. The largest absolute Gasteiger partial charge is 0.350 e. The molecule has 5 heterocycles. The van der Waals surface area contributed by atoms with Gasteiger partial charge in [-0.15, -0.1) is 0 Å². The Morgan fingerprint density at radius 1 is 1.04 bits per heavy atom. The monoisotopic (exact) mass is 325 g/mol.